The Kier molecular flexibility index (Phi) is 3.72. The number of rotatable bonds is 3. The number of nitrogens with zero attached hydrogens (tertiary/aromatic N) is 2. The first-order chi connectivity index (χ1) is 8.29. The maximum absolute atomic E-state index is 12.2. The summed E-state index contributed by atoms with van der Waals surface area (Å²) in [7, 11) is 0. The largest absolute Gasteiger partial charge is 0.334 e. The summed E-state index contributed by atoms with van der Waals surface area (Å²) in [6.07, 6.45) is 2.98. The van der Waals surface area contributed by atoms with Crippen molar-refractivity contribution in [3.63, 3.8) is 0 Å². The van der Waals surface area contributed by atoms with Crippen molar-refractivity contribution in [2.75, 3.05) is 13.1 Å². The Labute approximate surface area is 112 Å². The maximum Gasteiger partial charge on any atom is 0.223 e. The van der Waals surface area contributed by atoms with Crippen LogP contribution in [0.25, 0.3) is 0 Å². The Morgan fingerprint density at radius 2 is 1.78 bits per heavy atom. The molecule has 3 heterocycles. The van der Waals surface area contributed by atoms with Crippen molar-refractivity contribution in [3.8, 4) is 0 Å². The standard InChI is InChI=1S/C15H28N2O/c1-11(2)6-7-14(18)17-12-8-13(17)10-16(9-12)15(3,4)5/h11-13H,6-10H2,1-5H3. The van der Waals surface area contributed by atoms with E-state index in [1.165, 1.54) is 6.42 Å². The van der Waals surface area contributed by atoms with Crippen LogP contribution in [0.4, 0.5) is 0 Å². The molecule has 1 amide bonds. The Balaban J connectivity index is 1.87. The molecule has 3 rings (SSSR count). The quantitative estimate of drug-likeness (QED) is 0.770. The fourth-order valence-electron chi connectivity index (χ4n) is 3.11. The van der Waals surface area contributed by atoms with E-state index >= 15 is 0 Å². The van der Waals surface area contributed by atoms with Crippen molar-refractivity contribution in [3.05, 3.63) is 0 Å². The summed E-state index contributed by atoms with van der Waals surface area (Å²) < 4.78 is 0. The van der Waals surface area contributed by atoms with Crippen molar-refractivity contribution in [2.45, 2.75) is 71.5 Å². The van der Waals surface area contributed by atoms with Gasteiger partial charge in [-0.15, -0.1) is 0 Å². The average Bonchev–Trinajstić information content (AvgIpc) is 2.25. The molecular formula is C15H28N2O. The minimum absolute atomic E-state index is 0.240. The van der Waals surface area contributed by atoms with E-state index in [2.05, 4.69) is 44.4 Å². The third kappa shape index (κ3) is 2.71. The Bertz CT molecular complexity index is 307. The maximum atomic E-state index is 12.2. The van der Waals surface area contributed by atoms with Gasteiger partial charge in [-0.1, -0.05) is 13.8 Å². The number of carbonyl (C=O) groups excluding carboxylic acids is 1. The first-order valence-electron chi connectivity index (χ1n) is 7.35. The average molecular weight is 252 g/mol. The van der Waals surface area contributed by atoms with Gasteiger partial charge in [0.15, 0.2) is 0 Å². The van der Waals surface area contributed by atoms with Gasteiger partial charge in [0.1, 0.15) is 0 Å². The molecule has 18 heavy (non-hydrogen) atoms. The van der Waals surface area contributed by atoms with Crippen LogP contribution >= 0.6 is 0 Å². The zero-order chi connectivity index (χ0) is 13.5. The van der Waals surface area contributed by atoms with Gasteiger partial charge in [0.2, 0.25) is 5.91 Å². The van der Waals surface area contributed by atoms with Crippen molar-refractivity contribution >= 4 is 5.91 Å². The lowest BCUT2D eigenvalue weighted by Gasteiger charge is -2.59. The Hall–Kier alpha value is -0.570. The monoisotopic (exact) mass is 252 g/mol. The van der Waals surface area contributed by atoms with Gasteiger partial charge in [-0.05, 0) is 39.5 Å². The molecule has 3 saturated heterocycles. The highest BCUT2D eigenvalue weighted by Gasteiger charge is 2.48. The predicted molar refractivity (Wildman–Crippen MR) is 74.4 cm³/mol. The summed E-state index contributed by atoms with van der Waals surface area (Å²) in [6, 6.07) is 0.977. The van der Waals surface area contributed by atoms with Gasteiger partial charge in [0.05, 0.1) is 0 Å². The summed E-state index contributed by atoms with van der Waals surface area (Å²) in [5.41, 5.74) is 0.240. The van der Waals surface area contributed by atoms with E-state index in [1.807, 2.05) is 0 Å². The first kappa shape index (κ1) is 13.9. The Morgan fingerprint density at radius 3 is 2.22 bits per heavy atom. The molecule has 0 aromatic rings. The van der Waals surface area contributed by atoms with Crippen LogP contribution in [0, 0.1) is 5.92 Å². The van der Waals surface area contributed by atoms with Gasteiger partial charge in [-0.3, -0.25) is 9.69 Å². The third-order valence-corrected chi connectivity index (χ3v) is 4.37. The fraction of sp³-hybridized carbons (Fsp3) is 0.933. The van der Waals surface area contributed by atoms with Crippen LogP contribution in [-0.4, -0.2) is 46.4 Å². The molecule has 0 N–H and O–H groups in total. The molecule has 3 heteroatoms. The van der Waals surface area contributed by atoms with Gasteiger partial charge >= 0.3 is 0 Å². The summed E-state index contributed by atoms with van der Waals surface area (Å²) in [6.45, 7) is 13.3. The van der Waals surface area contributed by atoms with E-state index in [1.54, 1.807) is 0 Å². The Morgan fingerprint density at radius 1 is 1.22 bits per heavy atom. The molecule has 0 radical (unpaired) electrons. The number of piperidine rings is 1. The van der Waals surface area contributed by atoms with E-state index in [0.717, 1.165) is 25.9 Å². The van der Waals surface area contributed by atoms with E-state index in [4.69, 9.17) is 0 Å². The van der Waals surface area contributed by atoms with E-state index in [0.29, 0.717) is 23.9 Å². The second kappa shape index (κ2) is 4.84. The molecule has 3 nitrogen and oxygen atoms in total. The normalized spacial score (nSPS) is 28.4. The van der Waals surface area contributed by atoms with Crippen LogP contribution in [0.2, 0.25) is 0 Å². The summed E-state index contributed by atoms with van der Waals surface area (Å²) in [4.78, 5) is 16.9. The molecule has 2 atom stereocenters. The van der Waals surface area contributed by atoms with Crippen molar-refractivity contribution < 1.29 is 4.79 Å². The van der Waals surface area contributed by atoms with Gasteiger partial charge in [0, 0.05) is 37.1 Å². The van der Waals surface area contributed by atoms with Crippen molar-refractivity contribution in [2.24, 2.45) is 5.92 Å². The SMILES string of the molecule is CC(C)CCC(=O)N1C2CC1CN(C(C)(C)C)C2. The lowest BCUT2D eigenvalue weighted by molar-refractivity contribution is -0.158. The highest BCUT2D eigenvalue weighted by molar-refractivity contribution is 5.78. The molecular weight excluding hydrogens is 224 g/mol. The van der Waals surface area contributed by atoms with Crippen molar-refractivity contribution in [1.29, 1.82) is 0 Å². The molecule has 3 fully saturated rings. The predicted octanol–water partition coefficient (Wildman–Crippen LogP) is 2.51. The van der Waals surface area contributed by atoms with Gasteiger partial charge in [0.25, 0.3) is 0 Å². The van der Waals surface area contributed by atoms with Crippen molar-refractivity contribution in [1.82, 2.24) is 9.80 Å². The number of amides is 1. The molecule has 0 saturated carbocycles. The van der Waals surface area contributed by atoms with Gasteiger partial charge in [-0.25, -0.2) is 0 Å². The molecule has 0 aromatic carbocycles. The van der Waals surface area contributed by atoms with E-state index in [-0.39, 0.29) is 5.54 Å². The first-order valence-corrected chi connectivity index (χ1v) is 7.35. The lowest BCUT2D eigenvalue weighted by atomic mass is 9.84. The molecule has 3 aliphatic heterocycles. The second-order valence-corrected chi connectivity index (χ2v) is 7.35. The third-order valence-electron chi connectivity index (χ3n) is 4.37. The molecule has 104 valence electrons. The van der Waals surface area contributed by atoms with E-state index in [9.17, 15) is 4.79 Å². The summed E-state index contributed by atoms with van der Waals surface area (Å²) in [5, 5.41) is 0. The molecule has 0 aromatic heterocycles. The second-order valence-electron chi connectivity index (χ2n) is 7.35. The van der Waals surface area contributed by atoms with Gasteiger partial charge in [-0.2, -0.15) is 0 Å². The molecule has 0 aliphatic carbocycles. The van der Waals surface area contributed by atoms with Crippen LogP contribution in [0.15, 0.2) is 0 Å². The number of hydrogen-bond donors (Lipinski definition) is 0. The van der Waals surface area contributed by atoms with Crippen LogP contribution in [-0.2, 0) is 4.79 Å². The zero-order valence-electron chi connectivity index (χ0n) is 12.6. The van der Waals surface area contributed by atoms with Crippen LogP contribution in [0.1, 0.15) is 53.9 Å². The minimum Gasteiger partial charge on any atom is -0.334 e. The molecule has 3 aliphatic rings. The summed E-state index contributed by atoms with van der Waals surface area (Å²) >= 11 is 0. The minimum atomic E-state index is 0.240. The van der Waals surface area contributed by atoms with Crippen LogP contribution < -0.4 is 0 Å². The summed E-state index contributed by atoms with van der Waals surface area (Å²) in [5.74, 6) is 1.01. The van der Waals surface area contributed by atoms with Crippen LogP contribution in [0.5, 0.6) is 0 Å². The highest BCUT2D eigenvalue weighted by atomic mass is 16.2. The molecule has 2 bridgehead atoms. The van der Waals surface area contributed by atoms with Crippen LogP contribution in [0.3, 0.4) is 0 Å². The van der Waals surface area contributed by atoms with Gasteiger partial charge < -0.3 is 4.90 Å². The zero-order valence-corrected chi connectivity index (χ0v) is 12.6. The molecule has 0 spiro atoms. The number of hydrogen-bond acceptors (Lipinski definition) is 2. The van der Waals surface area contributed by atoms with E-state index < -0.39 is 0 Å². The highest BCUT2D eigenvalue weighted by Crippen LogP contribution is 2.35. The number of carbonyl (C=O) groups is 1. The number of fused-ring (bicyclic) bond motifs is 2. The number of piperazine rings is 1. The smallest absolute Gasteiger partial charge is 0.223 e. The lowest BCUT2D eigenvalue weighted by Crippen LogP contribution is -2.72. The fourth-order valence-corrected chi connectivity index (χ4v) is 3.11. The topological polar surface area (TPSA) is 23.6 Å². The molecule has 2 unspecified atom stereocenters.